The fourth-order valence-corrected chi connectivity index (χ4v) is 3.82. The van der Waals surface area contributed by atoms with Crippen molar-refractivity contribution in [2.24, 2.45) is 5.10 Å². The molecule has 176 valence electrons. The summed E-state index contributed by atoms with van der Waals surface area (Å²) in [6.45, 7) is -0.215. The predicted molar refractivity (Wildman–Crippen MR) is 122 cm³/mol. The maximum atomic E-state index is 13.5. The number of hydrogen-bond donors (Lipinski definition) is 0. The number of benzene rings is 2. The number of furan rings is 1. The van der Waals surface area contributed by atoms with Gasteiger partial charge in [0.05, 0.1) is 32.2 Å². The molecule has 8 nitrogen and oxygen atoms in total. The van der Waals surface area contributed by atoms with E-state index in [4.69, 9.17) is 13.9 Å². The van der Waals surface area contributed by atoms with E-state index >= 15 is 0 Å². The van der Waals surface area contributed by atoms with Gasteiger partial charge in [0.1, 0.15) is 23.9 Å². The number of likely N-dealkylation sites (N-methyl/N-ethyl adjacent to an activating group) is 1. The number of halogens is 1. The number of amides is 2. The van der Waals surface area contributed by atoms with Gasteiger partial charge < -0.3 is 18.8 Å². The maximum Gasteiger partial charge on any atom is 0.289 e. The van der Waals surface area contributed by atoms with Crippen LogP contribution in [0.25, 0.3) is 0 Å². The first-order chi connectivity index (χ1) is 16.4. The van der Waals surface area contributed by atoms with Crippen LogP contribution in [0.15, 0.2) is 70.4 Å². The molecule has 2 aromatic carbocycles. The third kappa shape index (κ3) is 4.63. The highest BCUT2D eigenvalue weighted by Gasteiger charge is 2.35. The molecule has 0 unspecified atom stereocenters. The number of carbonyl (C=O) groups is 2. The van der Waals surface area contributed by atoms with Crippen LogP contribution in [0.2, 0.25) is 0 Å². The molecule has 3 aromatic rings. The van der Waals surface area contributed by atoms with Crippen molar-refractivity contribution in [1.29, 1.82) is 0 Å². The number of hydrazone groups is 1. The maximum absolute atomic E-state index is 13.5. The van der Waals surface area contributed by atoms with E-state index in [-0.39, 0.29) is 24.0 Å². The molecule has 1 aliphatic heterocycles. The normalized spacial score (nSPS) is 15.1. The summed E-state index contributed by atoms with van der Waals surface area (Å²) in [5.41, 5.74) is 2.06. The number of hydrogen-bond acceptors (Lipinski definition) is 6. The summed E-state index contributed by atoms with van der Waals surface area (Å²) < 4.78 is 29.5. The lowest BCUT2D eigenvalue weighted by Gasteiger charge is -2.24. The molecule has 0 saturated carbocycles. The van der Waals surface area contributed by atoms with Gasteiger partial charge in [-0.05, 0) is 42.0 Å². The molecule has 0 fully saturated rings. The molecule has 2 amide bonds. The van der Waals surface area contributed by atoms with Gasteiger partial charge in [-0.2, -0.15) is 5.10 Å². The van der Waals surface area contributed by atoms with Gasteiger partial charge in [-0.15, -0.1) is 0 Å². The fourth-order valence-electron chi connectivity index (χ4n) is 3.82. The van der Waals surface area contributed by atoms with Crippen molar-refractivity contribution in [1.82, 2.24) is 9.91 Å². The van der Waals surface area contributed by atoms with Crippen LogP contribution in [0.5, 0.6) is 11.5 Å². The van der Waals surface area contributed by atoms with Crippen molar-refractivity contribution in [3.63, 3.8) is 0 Å². The quantitative estimate of drug-likeness (QED) is 0.529. The standard InChI is InChI=1S/C25H24FN3O5/c1-28(25(31)22-5-4-12-34-22)15-24(30)29-21(16-6-8-17(26)9-7-16)14-20(27-29)19-11-10-18(32-2)13-23(19)33-3/h4-13,21H,14-15H2,1-3H3/t21-/m1/s1. The molecule has 4 rings (SSSR count). The topological polar surface area (TPSA) is 84.6 Å². The van der Waals surface area contributed by atoms with Crippen LogP contribution in [0.4, 0.5) is 4.39 Å². The highest BCUT2D eigenvalue weighted by atomic mass is 19.1. The van der Waals surface area contributed by atoms with Crippen LogP contribution < -0.4 is 9.47 Å². The van der Waals surface area contributed by atoms with E-state index in [1.807, 2.05) is 6.07 Å². The number of rotatable bonds is 7. The lowest BCUT2D eigenvalue weighted by atomic mass is 9.97. The molecule has 0 aliphatic carbocycles. The van der Waals surface area contributed by atoms with Gasteiger partial charge in [-0.3, -0.25) is 9.59 Å². The zero-order chi connectivity index (χ0) is 24.2. The SMILES string of the molecule is COc1ccc(C2=NN(C(=O)CN(C)C(=O)c3ccco3)[C@@H](c3ccc(F)cc3)C2)c(OC)c1. The van der Waals surface area contributed by atoms with E-state index in [2.05, 4.69) is 5.10 Å². The van der Waals surface area contributed by atoms with Crippen LogP contribution in [-0.4, -0.2) is 55.2 Å². The molecular weight excluding hydrogens is 441 g/mol. The third-order valence-electron chi connectivity index (χ3n) is 5.59. The average molecular weight is 465 g/mol. The Balaban J connectivity index is 1.64. The molecule has 0 bridgehead atoms. The molecule has 0 N–H and O–H groups in total. The van der Waals surface area contributed by atoms with E-state index in [0.29, 0.717) is 29.2 Å². The zero-order valence-electron chi connectivity index (χ0n) is 19.0. The van der Waals surface area contributed by atoms with E-state index in [0.717, 1.165) is 5.56 Å². The number of ether oxygens (including phenoxy) is 2. The first-order valence-electron chi connectivity index (χ1n) is 10.6. The summed E-state index contributed by atoms with van der Waals surface area (Å²) in [5.74, 6) is 0.132. The molecule has 0 spiro atoms. The van der Waals surface area contributed by atoms with Crippen molar-refractivity contribution in [2.45, 2.75) is 12.5 Å². The molecule has 9 heteroatoms. The average Bonchev–Trinajstić information content (AvgIpc) is 3.54. The first kappa shape index (κ1) is 23.0. The molecule has 1 aromatic heterocycles. The summed E-state index contributed by atoms with van der Waals surface area (Å²) in [5, 5.41) is 5.95. The van der Waals surface area contributed by atoms with Gasteiger partial charge in [0.15, 0.2) is 5.76 Å². The Morgan fingerprint density at radius 3 is 2.56 bits per heavy atom. The third-order valence-corrected chi connectivity index (χ3v) is 5.59. The molecular formula is C25H24FN3O5. The van der Waals surface area contributed by atoms with Crippen LogP contribution in [0.1, 0.15) is 34.1 Å². The number of nitrogens with zero attached hydrogens (tertiary/aromatic N) is 3. The highest BCUT2D eigenvalue weighted by molar-refractivity contribution is 6.05. The monoisotopic (exact) mass is 465 g/mol. The lowest BCUT2D eigenvalue weighted by molar-refractivity contribution is -0.133. The van der Waals surface area contributed by atoms with Crippen LogP contribution in [0, 0.1) is 5.82 Å². The number of methoxy groups -OCH3 is 2. The molecule has 34 heavy (non-hydrogen) atoms. The molecule has 0 saturated heterocycles. The Bertz CT molecular complexity index is 1210. The Morgan fingerprint density at radius 2 is 1.91 bits per heavy atom. The summed E-state index contributed by atoms with van der Waals surface area (Å²) in [6, 6.07) is 14.0. The van der Waals surface area contributed by atoms with Crippen molar-refractivity contribution < 1.29 is 27.9 Å². The lowest BCUT2D eigenvalue weighted by Crippen LogP contribution is -2.39. The van der Waals surface area contributed by atoms with Gasteiger partial charge in [0.2, 0.25) is 0 Å². The Hall–Kier alpha value is -4.14. The van der Waals surface area contributed by atoms with E-state index in [1.54, 1.807) is 44.6 Å². The Morgan fingerprint density at radius 1 is 1.15 bits per heavy atom. The van der Waals surface area contributed by atoms with Crippen molar-refractivity contribution in [3.05, 3.63) is 83.6 Å². The largest absolute Gasteiger partial charge is 0.497 e. The molecule has 0 radical (unpaired) electrons. The van der Waals surface area contributed by atoms with Crippen LogP contribution in [0.3, 0.4) is 0 Å². The van der Waals surface area contributed by atoms with Crippen LogP contribution >= 0.6 is 0 Å². The Kier molecular flexibility index (Phi) is 6.62. The van der Waals surface area contributed by atoms with Crippen LogP contribution in [-0.2, 0) is 4.79 Å². The second-order valence-corrected chi connectivity index (χ2v) is 7.76. The highest BCUT2D eigenvalue weighted by Crippen LogP contribution is 2.36. The molecule has 1 aliphatic rings. The smallest absolute Gasteiger partial charge is 0.289 e. The van der Waals surface area contributed by atoms with E-state index in [9.17, 15) is 14.0 Å². The van der Waals surface area contributed by atoms with Crippen molar-refractivity contribution in [3.8, 4) is 11.5 Å². The van der Waals surface area contributed by atoms with Gasteiger partial charge in [0.25, 0.3) is 11.8 Å². The first-order valence-corrected chi connectivity index (χ1v) is 10.6. The summed E-state index contributed by atoms with van der Waals surface area (Å²) in [7, 11) is 4.62. The predicted octanol–water partition coefficient (Wildman–Crippen LogP) is 3.89. The minimum atomic E-state index is -0.470. The van der Waals surface area contributed by atoms with Crippen molar-refractivity contribution in [2.75, 3.05) is 27.8 Å². The minimum Gasteiger partial charge on any atom is -0.497 e. The summed E-state index contributed by atoms with van der Waals surface area (Å²) in [4.78, 5) is 27.1. The summed E-state index contributed by atoms with van der Waals surface area (Å²) in [6.07, 6.45) is 1.78. The van der Waals surface area contributed by atoms with E-state index < -0.39 is 11.9 Å². The van der Waals surface area contributed by atoms with Crippen molar-refractivity contribution >= 4 is 17.5 Å². The fraction of sp³-hybridized carbons (Fsp3) is 0.240. The van der Waals surface area contributed by atoms with Gasteiger partial charge in [-0.25, -0.2) is 9.40 Å². The van der Waals surface area contributed by atoms with Gasteiger partial charge in [-0.1, -0.05) is 12.1 Å². The van der Waals surface area contributed by atoms with Gasteiger partial charge in [0, 0.05) is 25.1 Å². The second kappa shape index (κ2) is 9.78. The van der Waals surface area contributed by atoms with Gasteiger partial charge >= 0.3 is 0 Å². The summed E-state index contributed by atoms with van der Waals surface area (Å²) >= 11 is 0. The minimum absolute atomic E-state index is 0.138. The molecule has 2 heterocycles. The number of carbonyl (C=O) groups excluding carboxylic acids is 2. The zero-order valence-corrected chi connectivity index (χ0v) is 19.0. The van der Waals surface area contributed by atoms with E-state index in [1.165, 1.54) is 41.4 Å². The Labute approximate surface area is 196 Å². The molecule has 1 atom stereocenters. The second-order valence-electron chi connectivity index (χ2n) is 7.76.